The first-order chi connectivity index (χ1) is 15.8. The predicted octanol–water partition coefficient (Wildman–Crippen LogP) is 5.64. The third-order valence-electron chi connectivity index (χ3n) is 5.13. The molecule has 198 valence electrons. The number of ether oxygens (including phenoxy) is 2. The highest BCUT2D eigenvalue weighted by Crippen LogP contribution is 2.48. The Labute approximate surface area is 220 Å². The van der Waals surface area contributed by atoms with E-state index in [1.165, 1.54) is 0 Å². The van der Waals surface area contributed by atoms with Crippen molar-refractivity contribution in [3.8, 4) is 5.75 Å². The van der Waals surface area contributed by atoms with Gasteiger partial charge in [0.1, 0.15) is 0 Å². The van der Waals surface area contributed by atoms with Gasteiger partial charge >= 0.3 is 29.9 Å². The normalized spacial score (nSPS) is 19.8. The number of hydrogen-bond acceptors (Lipinski definition) is 7. The molecule has 35 heavy (non-hydrogen) atoms. The quantitative estimate of drug-likeness (QED) is 0.162. The Hall–Kier alpha value is -0.910. The molecule has 0 atom stereocenters. The number of benzene rings is 1. The van der Waals surface area contributed by atoms with Gasteiger partial charge in [0.15, 0.2) is 5.75 Å². The molecule has 0 radical (unpaired) electrons. The van der Waals surface area contributed by atoms with E-state index in [1.54, 1.807) is 12.1 Å². The monoisotopic (exact) mass is 725 g/mol. The molecule has 1 aliphatic carbocycles. The van der Waals surface area contributed by atoms with Crippen LogP contribution >= 0.6 is 47.8 Å². The number of carbonyl (C=O) groups is 2. The standard InChI is InChI=1S/C18H15Br3F6O7S/c19-10-5-11(20)13(12(21)6-10)33-14(28)8-1-3-9(4-2-8)15(29)34-16(17(22,23)24,18(25,26)27)7-35(30,31)32/h5-6,8-9H,1-4,7H2,(H,30,31,32)/p-1. The highest BCUT2D eigenvalue weighted by molar-refractivity contribution is 9.11. The van der Waals surface area contributed by atoms with E-state index in [0.717, 1.165) is 0 Å². The molecule has 0 unspecified atom stereocenters. The largest absolute Gasteiger partial charge is 0.748 e. The van der Waals surface area contributed by atoms with Crippen LogP contribution in [0.1, 0.15) is 25.7 Å². The number of hydrogen-bond donors (Lipinski definition) is 0. The van der Waals surface area contributed by atoms with Crippen molar-refractivity contribution in [2.75, 3.05) is 5.75 Å². The average molecular weight is 728 g/mol. The zero-order valence-corrected chi connectivity index (χ0v) is 22.6. The molecule has 0 bridgehead atoms. The Kier molecular flexibility index (Phi) is 9.38. The topological polar surface area (TPSA) is 110 Å². The Morgan fingerprint density at radius 1 is 0.886 bits per heavy atom. The van der Waals surface area contributed by atoms with Gasteiger partial charge in [0.25, 0.3) is 0 Å². The van der Waals surface area contributed by atoms with Gasteiger partial charge in [-0.3, -0.25) is 9.59 Å². The summed E-state index contributed by atoms with van der Waals surface area (Å²) in [4.78, 5) is 24.7. The minimum absolute atomic E-state index is 0.130. The number of esters is 2. The van der Waals surface area contributed by atoms with E-state index in [0.29, 0.717) is 13.4 Å². The van der Waals surface area contributed by atoms with Crippen LogP contribution in [0, 0.1) is 11.8 Å². The molecule has 1 aliphatic rings. The zero-order valence-electron chi connectivity index (χ0n) is 17.0. The van der Waals surface area contributed by atoms with E-state index < -0.39 is 57.6 Å². The summed E-state index contributed by atoms with van der Waals surface area (Å²) in [5.41, 5.74) is -5.52. The molecular formula is C18H14Br3F6O7S-. The Morgan fingerprint density at radius 3 is 1.66 bits per heavy atom. The van der Waals surface area contributed by atoms with Crippen molar-refractivity contribution in [2.45, 2.75) is 43.6 Å². The molecule has 1 saturated carbocycles. The fourth-order valence-electron chi connectivity index (χ4n) is 3.35. The second kappa shape index (κ2) is 10.8. The SMILES string of the molecule is O=C(Oc1c(Br)cc(Br)cc1Br)C1CCC(C(=O)OC(CS(=O)(=O)[O-])(C(F)(F)F)C(F)(F)F)CC1. The number of carbonyl (C=O) groups excluding carboxylic acids is 2. The lowest BCUT2D eigenvalue weighted by Crippen LogP contribution is -2.64. The highest BCUT2D eigenvalue weighted by Gasteiger charge is 2.75. The van der Waals surface area contributed by atoms with Crippen LogP contribution in [0.15, 0.2) is 25.6 Å². The van der Waals surface area contributed by atoms with Crippen LogP contribution in [0.25, 0.3) is 0 Å². The van der Waals surface area contributed by atoms with E-state index in [9.17, 15) is 48.9 Å². The first-order valence-corrected chi connectivity index (χ1v) is 13.4. The summed E-state index contributed by atoms with van der Waals surface area (Å²) >= 11 is 9.66. The summed E-state index contributed by atoms with van der Waals surface area (Å²) < 4.78 is 123. The molecule has 1 fully saturated rings. The van der Waals surface area contributed by atoms with Crippen molar-refractivity contribution in [3.63, 3.8) is 0 Å². The van der Waals surface area contributed by atoms with Crippen molar-refractivity contribution in [3.05, 3.63) is 25.6 Å². The van der Waals surface area contributed by atoms with Crippen molar-refractivity contribution in [1.82, 2.24) is 0 Å². The van der Waals surface area contributed by atoms with E-state index in [1.807, 2.05) is 0 Å². The van der Waals surface area contributed by atoms with Crippen LogP contribution in [0.3, 0.4) is 0 Å². The summed E-state index contributed by atoms with van der Waals surface area (Å²) in [6.45, 7) is 0. The molecule has 0 N–H and O–H groups in total. The maximum Gasteiger partial charge on any atom is 0.438 e. The van der Waals surface area contributed by atoms with Gasteiger partial charge in [-0.05, 0) is 69.7 Å². The van der Waals surface area contributed by atoms with Gasteiger partial charge in [-0.1, -0.05) is 15.9 Å². The number of halogens is 9. The summed E-state index contributed by atoms with van der Waals surface area (Å²) in [6, 6.07) is 3.19. The first kappa shape index (κ1) is 30.3. The predicted molar refractivity (Wildman–Crippen MR) is 116 cm³/mol. The molecule has 7 nitrogen and oxygen atoms in total. The second-order valence-corrected chi connectivity index (χ2v) is 11.6. The van der Waals surface area contributed by atoms with Crippen LogP contribution in [-0.4, -0.2) is 48.6 Å². The van der Waals surface area contributed by atoms with E-state index in [2.05, 4.69) is 52.5 Å². The van der Waals surface area contributed by atoms with Crippen LogP contribution < -0.4 is 4.74 Å². The van der Waals surface area contributed by atoms with Gasteiger partial charge in [-0.15, -0.1) is 0 Å². The summed E-state index contributed by atoms with van der Waals surface area (Å²) in [6.07, 6.45) is -13.8. The smallest absolute Gasteiger partial charge is 0.438 e. The van der Waals surface area contributed by atoms with Gasteiger partial charge < -0.3 is 14.0 Å². The first-order valence-electron chi connectivity index (χ1n) is 9.43. The zero-order chi connectivity index (χ0) is 27.0. The summed E-state index contributed by atoms with van der Waals surface area (Å²) in [5, 5.41) is 0. The minimum Gasteiger partial charge on any atom is -0.748 e. The van der Waals surface area contributed by atoms with Crippen LogP contribution in [0.4, 0.5) is 26.3 Å². The van der Waals surface area contributed by atoms with Crippen molar-refractivity contribution in [2.24, 2.45) is 11.8 Å². The maximum absolute atomic E-state index is 13.3. The minimum atomic E-state index is -6.44. The lowest BCUT2D eigenvalue weighted by molar-refractivity contribution is -0.362. The molecule has 2 rings (SSSR count). The van der Waals surface area contributed by atoms with Crippen molar-refractivity contribution >= 4 is 69.8 Å². The van der Waals surface area contributed by atoms with E-state index in [4.69, 9.17) is 4.74 Å². The molecule has 0 amide bonds. The second-order valence-electron chi connectivity index (χ2n) is 7.61. The van der Waals surface area contributed by atoms with Crippen LogP contribution in [-0.2, 0) is 24.4 Å². The van der Waals surface area contributed by atoms with Crippen LogP contribution in [0.5, 0.6) is 5.75 Å². The van der Waals surface area contributed by atoms with Gasteiger partial charge in [0.05, 0.1) is 36.7 Å². The van der Waals surface area contributed by atoms with Crippen LogP contribution in [0.2, 0.25) is 0 Å². The Bertz CT molecular complexity index is 1050. The number of rotatable bonds is 6. The average Bonchev–Trinajstić information content (AvgIpc) is 2.67. The molecule has 0 heterocycles. The molecule has 0 aromatic heterocycles. The highest BCUT2D eigenvalue weighted by atomic mass is 79.9. The molecule has 0 saturated heterocycles. The van der Waals surface area contributed by atoms with E-state index in [-0.39, 0.29) is 31.4 Å². The Morgan fingerprint density at radius 2 is 1.29 bits per heavy atom. The van der Waals surface area contributed by atoms with Gasteiger partial charge in [-0.25, -0.2) is 8.42 Å². The summed E-state index contributed by atoms with van der Waals surface area (Å²) in [5.74, 6) is -7.95. The lowest BCUT2D eigenvalue weighted by Gasteiger charge is -2.38. The van der Waals surface area contributed by atoms with Crippen molar-refractivity contribution in [1.29, 1.82) is 0 Å². The molecular weight excluding hydrogens is 714 g/mol. The molecule has 1 aromatic rings. The molecule has 0 spiro atoms. The fourth-order valence-corrected chi connectivity index (χ4v) is 6.65. The molecule has 0 aliphatic heterocycles. The lowest BCUT2D eigenvalue weighted by atomic mass is 9.82. The third kappa shape index (κ3) is 7.32. The summed E-state index contributed by atoms with van der Waals surface area (Å²) in [7, 11) is -6.12. The maximum atomic E-state index is 13.3. The van der Waals surface area contributed by atoms with Gasteiger partial charge in [0.2, 0.25) is 0 Å². The molecule has 1 aromatic carbocycles. The molecule has 17 heteroatoms. The fraction of sp³-hybridized carbons (Fsp3) is 0.556. The third-order valence-corrected chi connectivity index (χ3v) is 7.53. The van der Waals surface area contributed by atoms with Crippen molar-refractivity contribution < 1.29 is 58.4 Å². The number of alkyl halides is 6. The van der Waals surface area contributed by atoms with E-state index >= 15 is 0 Å². The van der Waals surface area contributed by atoms with Gasteiger partial charge in [0, 0.05) is 4.47 Å². The Balaban J connectivity index is 2.14. The van der Waals surface area contributed by atoms with Gasteiger partial charge in [-0.2, -0.15) is 26.3 Å².